The Labute approximate surface area is 144 Å². The van der Waals surface area contributed by atoms with Gasteiger partial charge in [-0.1, -0.05) is 6.92 Å². The minimum Gasteiger partial charge on any atom is -0.344 e. The first-order chi connectivity index (χ1) is 11.8. The molecule has 0 aliphatic heterocycles. The van der Waals surface area contributed by atoms with Crippen molar-refractivity contribution in [1.82, 2.24) is 19.7 Å². The third-order valence-electron chi connectivity index (χ3n) is 4.63. The molecule has 5 nitrogen and oxygen atoms in total. The van der Waals surface area contributed by atoms with Crippen LogP contribution in [-0.2, 0) is 12.8 Å². The molecule has 3 heterocycles. The molecule has 0 spiro atoms. The van der Waals surface area contributed by atoms with Gasteiger partial charge in [-0.2, -0.15) is 0 Å². The molecular formula is C18H20N4OS. The van der Waals surface area contributed by atoms with Crippen molar-refractivity contribution in [3.63, 3.8) is 0 Å². The molecule has 0 aromatic carbocycles. The Morgan fingerprint density at radius 2 is 2.29 bits per heavy atom. The molecule has 6 heteroatoms. The van der Waals surface area contributed by atoms with E-state index < -0.39 is 0 Å². The third-order valence-corrected chi connectivity index (χ3v) is 5.72. The SMILES string of the molecule is CC[C@H](NC(=O)c1csc2c1CCCC2)c1cn2cccnc2n1. The molecule has 0 radical (unpaired) electrons. The van der Waals surface area contributed by atoms with E-state index in [0.29, 0.717) is 5.78 Å². The number of imidazole rings is 1. The zero-order valence-corrected chi connectivity index (χ0v) is 14.5. The van der Waals surface area contributed by atoms with Gasteiger partial charge in [0.2, 0.25) is 5.78 Å². The van der Waals surface area contributed by atoms with Crippen LogP contribution in [0, 0.1) is 0 Å². The maximum atomic E-state index is 12.8. The summed E-state index contributed by atoms with van der Waals surface area (Å²) in [5.74, 6) is 0.680. The number of fused-ring (bicyclic) bond motifs is 2. The zero-order chi connectivity index (χ0) is 16.5. The van der Waals surface area contributed by atoms with Crippen LogP contribution in [0.15, 0.2) is 30.0 Å². The van der Waals surface area contributed by atoms with Gasteiger partial charge in [0.05, 0.1) is 17.3 Å². The minimum absolute atomic E-state index is 0.0197. The standard InChI is InChI=1S/C18H20N4OS/c1-2-14(15-10-22-9-5-8-19-18(22)21-15)20-17(23)13-11-24-16-7-4-3-6-12(13)16/h5,8-11,14H,2-4,6-7H2,1H3,(H,20,23)/t14-/m0/s1. The van der Waals surface area contributed by atoms with Gasteiger partial charge >= 0.3 is 0 Å². The predicted molar refractivity (Wildman–Crippen MR) is 94.4 cm³/mol. The van der Waals surface area contributed by atoms with E-state index in [1.165, 1.54) is 23.3 Å². The summed E-state index contributed by atoms with van der Waals surface area (Å²) in [5.41, 5.74) is 2.97. The average Bonchev–Trinajstić information content (AvgIpc) is 3.23. The van der Waals surface area contributed by atoms with Crippen LogP contribution in [0.2, 0.25) is 0 Å². The van der Waals surface area contributed by atoms with Crippen LogP contribution < -0.4 is 5.32 Å². The van der Waals surface area contributed by atoms with Crippen molar-refractivity contribution >= 4 is 23.0 Å². The number of amides is 1. The molecule has 1 atom stereocenters. The van der Waals surface area contributed by atoms with E-state index in [2.05, 4.69) is 22.2 Å². The Morgan fingerprint density at radius 1 is 1.42 bits per heavy atom. The molecule has 0 saturated carbocycles. The maximum absolute atomic E-state index is 12.8. The Hall–Kier alpha value is -2.21. The number of aryl methyl sites for hydroxylation is 1. The molecule has 124 valence electrons. The number of nitrogens with one attached hydrogen (secondary N) is 1. The summed E-state index contributed by atoms with van der Waals surface area (Å²) in [4.78, 5) is 23.0. The van der Waals surface area contributed by atoms with Crippen LogP contribution in [0.5, 0.6) is 0 Å². The number of carbonyl (C=O) groups excluding carboxylic acids is 1. The third kappa shape index (κ3) is 2.71. The minimum atomic E-state index is -0.0988. The number of rotatable bonds is 4. The van der Waals surface area contributed by atoms with Crippen LogP contribution >= 0.6 is 11.3 Å². The lowest BCUT2D eigenvalue weighted by atomic mass is 9.95. The molecule has 0 fully saturated rings. The number of carbonyl (C=O) groups is 1. The first-order valence-electron chi connectivity index (χ1n) is 8.46. The Bertz CT molecular complexity index is 849. The number of hydrogen-bond donors (Lipinski definition) is 1. The first kappa shape index (κ1) is 15.3. The molecular weight excluding hydrogens is 320 g/mol. The van der Waals surface area contributed by atoms with Gasteiger partial charge in [-0.25, -0.2) is 9.97 Å². The van der Waals surface area contributed by atoms with Crippen molar-refractivity contribution in [2.75, 3.05) is 0 Å². The molecule has 3 aromatic rings. The lowest BCUT2D eigenvalue weighted by Gasteiger charge is -2.16. The fourth-order valence-electron chi connectivity index (χ4n) is 3.32. The van der Waals surface area contributed by atoms with Crippen LogP contribution in [0.4, 0.5) is 0 Å². The summed E-state index contributed by atoms with van der Waals surface area (Å²) in [6.07, 6.45) is 10.9. The van der Waals surface area contributed by atoms with E-state index in [0.717, 1.165) is 30.5 Å². The number of aromatic nitrogens is 3. The maximum Gasteiger partial charge on any atom is 0.252 e. The van der Waals surface area contributed by atoms with E-state index >= 15 is 0 Å². The van der Waals surface area contributed by atoms with Crippen molar-refractivity contribution < 1.29 is 4.79 Å². The van der Waals surface area contributed by atoms with Crippen molar-refractivity contribution in [1.29, 1.82) is 0 Å². The summed E-state index contributed by atoms with van der Waals surface area (Å²) < 4.78 is 1.89. The van der Waals surface area contributed by atoms with Crippen LogP contribution in [0.1, 0.15) is 58.7 Å². The fraction of sp³-hybridized carbons (Fsp3) is 0.389. The van der Waals surface area contributed by atoms with Gasteiger partial charge in [-0.15, -0.1) is 11.3 Å². The Kier molecular flexibility index (Phi) is 4.06. The molecule has 1 amide bonds. The molecule has 3 aromatic heterocycles. The van der Waals surface area contributed by atoms with E-state index in [1.807, 2.05) is 28.2 Å². The quantitative estimate of drug-likeness (QED) is 0.790. The average molecular weight is 340 g/mol. The van der Waals surface area contributed by atoms with E-state index in [4.69, 9.17) is 0 Å². The van der Waals surface area contributed by atoms with Crippen molar-refractivity contribution in [2.24, 2.45) is 0 Å². The largest absolute Gasteiger partial charge is 0.344 e. The monoisotopic (exact) mass is 340 g/mol. The molecule has 0 bridgehead atoms. The lowest BCUT2D eigenvalue weighted by molar-refractivity contribution is 0.0934. The zero-order valence-electron chi connectivity index (χ0n) is 13.7. The Morgan fingerprint density at radius 3 is 3.12 bits per heavy atom. The topological polar surface area (TPSA) is 59.3 Å². The second-order valence-electron chi connectivity index (χ2n) is 6.19. The van der Waals surface area contributed by atoms with Crippen molar-refractivity contribution in [3.05, 3.63) is 51.7 Å². The number of hydrogen-bond acceptors (Lipinski definition) is 4. The Balaban J connectivity index is 1.58. The molecule has 1 aliphatic carbocycles. The molecule has 0 unspecified atom stereocenters. The van der Waals surface area contributed by atoms with E-state index in [-0.39, 0.29) is 11.9 Å². The number of nitrogens with zero attached hydrogens (tertiary/aromatic N) is 3. The molecule has 24 heavy (non-hydrogen) atoms. The second-order valence-corrected chi connectivity index (χ2v) is 7.15. The van der Waals surface area contributed by atoms with Gasteiger partial charge in [0.15, 0.2) is 0 Å². The molecule has 1 aliphatic rings. The highest BCUT2D eigenvalue weighted by Crippen LogP contribution is 2.30. The van der Waals surface area contributed by atoms with Gasteiger partial charge in [0, 0.05) is 28.8 Å². The summed E-state index contributed by atoms with van der Waals surface area (Å²) in [7, 11) is 0. The van der Waals surface area contributed by atoms with Gasteiger partial charge in [-0.3, -0.25) is 9.20 Å². The van der Waals surface area contributed by atoms with Crippen LogP contribution in [-0.4, -0.2) is 20.3 Å². The molecule has 4 rings (SSSR count). The predicted octanol–water partition coefficient (Wildman–Crippen LogP) is 3.55. The van der Waals surface area contributed by atoms with Gasteiger partial charge < -0.3 is 5.32 Å². The lowest BCUT2D eigenvalue weighted by Crippen LogP contribution is -2.29. The highest BCUT2D eigenvalue weighted by Gasteiger charge is 2.23. The van der Waals surface area contributed by atoms with Gasteiger partial charge in [-0.05, 0) is 43.7 Å². The summed E-state index contributed by atoms with van der Waals surface area (Å²) in [6, 6.07) is 1.77. The van der Waals surface area contributed by atoms with Crippen LogP contribution in [0.3, 0.4) is 0 Å². The summed E-state index contributed by atoms with van der Waals surface area (Å²) in [5, 5.41) is 5.18. The number of thiophene rings is 1. The summed E-state index contributed by atoms with van der Waals surface area (Å²) in [6.45, 7) is 2.06. The summed E-state index contributed by atoms with van der Waals surface area (Å²) >= 11 is 1.72. The smallest absolute Gasteiger partial charge is 0.252 e. The van der Waals surface area contributed by atoms with Crippen molar-refractivity contribution in [2.45, 2.75) is 45.1 Å². The second kappa shape index (κ2) is 6.36. The van der Waals surface area contributed by atoms with Crippen molar-refractivity contribution in [3.8, 4) is 0 Å². The van der Waals surface area contributed by atoms with E-state index in [1.54, 1.807) is 17.5 Å². The van der Waals surface area contributed by atoms with E-state index in [9.17, 15) is 4.79 Å². The molecule has 1 N–H and O–H groups in total. The fourth-order valence-corrected chi connectivity index (χ4v) is 4.45. The van der Waals surface area contributed by atoms with Crippen LogP contribution in [0.25, 0.3) is 5.78 Å². The highest BCUT2D eigenvalue weighted by atomic mass is 32.1. The normalized spacial score (nSPS) is 15.2. The first-order valence-corrected chi connectivity index (χ1v) is 9.34. The van der Waals surface area contributed by atoms with Gasteiger partial charge in [0.1, 0.15) is 0 Å². The highest BCUT2D eigenvalue weighted by molar-refractivity contribution is 7.10. The van der Waals surface area contributed by atoms with Gasteiger partial charge in [0.25, 0.3) is 5.91 Å². The molecule has 0 saturated heterocycles.